The molecule has 0 N–H and O–H groups in total. The summed E-state index contributed by atoms with van der Waals surface area (Å²) < 4.78 is 13.6. The number of hydrogen-bond donors (Lipinski definition) is 0. The van der Waals surface area contributed by atoms with Gasteiger partial charge in [-0.05, 0) is 68.4 Å². The number of nitrogens with zero attached hydrogens (tertiary/aromatic N) is 1. The molecule has 2 atom stereocenters. The summed E-state index contributed by atoms with van der Waals surface area (Å²) in [5.74, 6) is 0.0348. The third kappa shape index (κ3) is 3.70. The van der Waals surface area contributed by atoms with Crippen molar-refractivity contribution in [2.75, 3.05) is 0 Å². The molecule has 0 amide bonds. The first-order valence-corrected chi connectivity index (χ1v) is 10.1. The standard InChI is InChI=1S/C24H28FNO/c1-16-11-20(25)12-17(2)23(16)24(27)19-13-21-9-6-10-22(14-19)26(21)15-18-7-4-3-5-8-18/h3-5,7-8,11-12,19,21-22H,6,9-10,13-15H2,1-2H3. The first-order chi connectivity index (χ1) is 13.0. The largest absolute Gasteiger partial charge is 0.294 e. The zero-order valence-corrected chi connectivity index (χ0v) is 16.2. The zero-order valence-electron chi connectivity index (χ0n) is 16.2. The fourth-order valence-electron chi connectivity index (χ4n) is 5.25. The number of carbonyl (C=O) groups excluding carboxylic acids is 1. The highest BCUT2D eigenvalue weighted by Crippen LogP contribution is 2.39. The summed E-state index contributed by atoms with van der Waals surface area (Å²) in [6.07, 6.45) is 5.47. The van der Waals surface area contributed by atoms with Gasteiger partial charge in [0, 0.05) is 30.1 Å². The monoisotopic (exact) mass is 365 g/mol. The summed E-state index contributed by atoms with van der Waals surface area (Å²) in [6.45, 7) is 4.69. The molecule has 2 bridgehead atoms. The summed E-state index contributed by atoms with van der Waals surface area (Å²) in [6, 6.07) is 14.6. The van der Waals surface area contributed by atoms with E-state index in [0.717, 1.165) is 36.1 Å². The summed E-state index contributed by atoms with van der Waals surface area (Å²) in [7, 11) is 0. The SMILES string of the molecule is Cc1cc(F)cc(C)c1C(=O)C1CC2CCCC(C1)N2Cc1ccccc1. The van der Waals surface area contributed by atoms with Gasteiger partial charge in [-0.25, -0.2) is 4.39 Å². The number of aryl methyl sites for hydroxylation is 2. The highest BCUT2D eigenvalue weighted by molar-refractivity contribution is 6.00. The van der Waals surface area contributed by atoms with Gasteiger partial charge in [-0.3, -0.25) is 9.69 Å². The van der Waals surface area contributed by atoms with Crippen LogP contribution in [0.15, 0.2) is 42.5 Å². The maximum Gasteiger partial charge on any atom is 0.166 e. The smallest absolute Gasteiger partial charge is 0.166 e. The number of Topliss-reactive ketones (excluding diaryl/α,β-unsaturated/α-hetero) is 1. The topological polar surface area (TPSA) is 20.3 Å². The van der Waals surface area contributed by atoms with Crippen molar-refractivity contribution in [2.24, 2.45) is 5.92 Å². The lowest BCUT2D eigenvalue weighted by Crippen LogP contribution is -2.52. The van der Waals surface area contributed by atoms with Gasteiger partial charge in [0.15, 0.2) is 5.78 Å². The highest BCUT2D eigenvalue weighted by atomic mass is 19.1. The van der Waals surface area contributed by atoms with E-state index >= 15 is 0 Å². The molecule has 2 unspecified atom stereocenters. The number of ketones is 1. The molecule has 2 heterocycles. The van der Waals surface area contributed by atoms with Crippen LogP contribution < -0.4 is 0 Å². The molecule has 0 aromatic heterocycles. The molecular weight excluding hydrogens is 337 g/mol. The van der Waals surface area contributed by atoms with E-state index in [4.69, 9.17) is 0 Å². The molecule has 2 fully saturated rings. The van der Waals surface area contributed by atoms with E-state index < -0.39 is 0 Å². The van der Waals surface area contributed by atoms with Gasteiger partial charge in [-0.1, -0.05) is 36.8 Å². The maximum absolute atomic E-state index is 13.6. The molecular formula is C24H28FNO. The van der Waals surface area contributed by atoms with Gasteiger partial charge < -0.3 is 0 Å². The average molecular weight is 365 g/mol. The van der Waals surface area contributed by atoms with Crippen LogP contribution in [0.2, 0.25) is 0 Å². The van der Waals surface area contributed by atoms with Crippen LogP contribution in [0.3, 0.4) is 0 Å². The van der Waals surface area contributed by atoms with E-state index in [9.17, 15) is 9.18 Å². The minimum atomic E-state index is -0.254. The molecule has 0 aliphatic carbocycles. The van der Waals surface area contributed by atoms with E-state index in [2.05, 4.69) is 35.2 Å². The first kappa shape index (κ1) is 18.4. The molecule has 0 radical (unpaired) electrons. The Hall–Kier alpha value is -2.00. The summed E-state index contributed by atoms with van der Waals surface area (Å²) >= 11 is 0. The first-order valence-electron chi connectivity index (χ1n) is 10.1. The molecule has 4 rings (SSSR count). The Morgan fingerprint density at radius 3 is 2.22 bits per heavy atom. The van der Waals surface area contributed by atoms with Gasteiger partial charge in [0.25, 0.3) is 0 Å². The second kappa shape index (κ2) is 7.55. The van der Waals surface area contributed by atoms with Crippen molar-refractivity contribution in [2.45, 2.75) is 64.6 Å². The third-order valence-corrected chi connectivity index (χ3v) is 6.45. The molecule has 3 heteroatoms. The molecule has 2 aliphatic heterocycles. The molecule has 2 nitrogen and oxygen atoms in total. The number of benzene rings is 2. The van der Waals surface area contributed by atoms with Crippen LogP contribution in [0.1, 0.15) is 59.2 Å². The van der Waals surface area contributed by atoms with Crippen molar-refractivity contribution >= 4 is 5.78 Å². The molecule has 2 aromatic rings. The van der Waals surface area contributed by atoms with Crippen molar-refractivity contribution in [1.29, 1.82) is 0 Å². The molecule has 2 aliphatic rings. The third-order valence-electron chi connectivity index (χ3n) is 6.45. The quantitative estimate of drug-likeness (QED) is 0.671. The van der Waals surface area contributed by atoms with Crippen molar-refractivity contribution in [1.82, 2.24) is 4.90 Å². The van der Waals surface area contributed by atoms with E-state index in [0.29, 0.717) is 12.1 Å². The zero-order chi connectivity index (χ0) is 19.0. The van der Waals surface area contributed by atoms with Crippen LogP contribution in [-0.2, 0) is 6.54 Å². The summed E-state index contributed by atoms with van der Waals surface area (Å²) in [5, 5.41) is 0. The van der Waals surface area contributed by atoms with E-state index in [1.54, 1.807) is 0 Å². The Morgan fingerprint density at radius 2 is 1.63 bits per heavy atom. The maximum atomic E-state index is 13.6. The van der Waals surface area contributed by atoms with Gasteiger partial charge in [0.1, 0.15) is 5.82 Å². The fraction of sp³-hybridized carbons (Fsp3) is 0.458. The van der Waals surface area contributed by atoms with Crippen LogP contribution in [-0.4, -0.2) is 22.8 Å². The lowest BCUT2D eigenvalue weighted by Gasteiger charge is -2.48. The number of rotatable bonds is 4. The Morgan fingerprint density at radius 1 is 1.04 bits per heavy atom. The molecule has 2 aromatic carbocycles. The summed E-state index contributed by atoms with van der Waals surface area (Å²) in [5.41, 5.74) is 3.64. The van der Waals surface area contributed by atoms with Crippen LogP contribution >= 0.6 is 0 Å². The predicted molar refractivity (Wildman–Crippen MR) is 106 cm³/mol. The minimum Gasteiger partial charge on any atom is -0.294 e. The molecule has 2 saturated heterocycles. The van der Waals surface area contributed by atoms with Crippen molar-refractivity contribution in [3.63, 3.8) is 0 Å². The second-order valence-electron chi connectivity index (χ2n) is 8.34. The summed E-state index contributed by atoms with van der Waals surface area (Å²) in [4.78, 5) is 15.9. The van der Waals surface area contributed by atoms with Crippen molar-refractivity contribution in [3.8, 4) is 0 Å². The van der Waals surface area contributed by atoms with E-state index in [-0.39, 0.29) is 17.5 Å². The Balaban J connectivity index is 1.54. The number of halogens is 1. The minimum absolute atomic E-state index is 0.0650. The Bertz CT molecular complexity index is 795. The lowest BCUT2D eigenvalue weighted by atomic mass is 9.74. The molecule has 142 valence electrons. The normalized spacial score (nSPS) is 25.4. The lowest BCUT2D eigenvalue weighted by molar-refractivity contribution is 0.00902. The van der Waals surface area contributed by atoms with Crippen LogP contribution in [0, 0.1) is 25.6 Å². The van der Waals surface area contributed by atoms with Crippen molar-refractivity contribution < 1.29 is 9.18 Å². The van der Waals surface area contributed by atoms with Gasteiger partial charge in [-0.2, -0.15) is 0 Å². The Kier molecular flexibility index (Phi) is 5.14. The van der Waals surface area contributed by atoms with Gasteiger partial charge in [0.2, 0.25) is 0 Å². The van der Waals surface area contributed by atoms with Crippen LogP contribution in [0.25, 0.3) is 0 Å². The highest BCUT2D eigenvalue weighted by Gasteiger charge is 2.41. The number of fused-ring (bicyclic) bond motifs is 2. The van der Waals surface area contributed by atoms with E-state index in [1.807, 2.05) is 13.8 Å². The van der Waals surface area contributed by atoms with Gasteiger partial charge >= 0.3 is 0 Å². The van der Waals surface area contributed by atoms with Crippen molar-refractivity contribution in [3.05, 3.63) is 70.5 Å². The van der Waals surface area contributed by atoms with Crippen LogP contribution in [0.4, 0.5) is 4.39 Å². The molecule has 27 heavy (non-hydrogen) atoms. The molecule has 0 spiro atoms. The fourth-order valence-corrected chi connectivity index (χ4v) is 5.25. The number of carbonyl (C=O) groups is 1. The number of hydrogen-bond acceptors (Lipinski definition) is 2. The Labute approximate surface area is 161 Å². The van der Waals surface area contributed by atoms with Gasteiger partial charge in [-0.15, -0.1) is 0 Å². The predicted octanol–water partition coefficient (Wildman–Crippen LogP) is 5.46. The van der Waals surface area contributed by atoms with E-state index in [1.165, 1.54) is 37.0 Å². The average Bonchev–Trinajstić information content (AvgIpc) is 2.61. The second-order valence-corrected chi connectivity index (χ2v) is 8.34. The molecule has 0 saturated carbocycles. The van der Waals surface area contributed by atoms with Gasteiger partial charge in [0.05, 0.1) is 0 Å². The number of piperidine rings is 2. The van der Waals surface area contributed by atoms with Crippen LogP contribution in [0.5, 0.6) is 0 Å².